The zero-order valence-electron chi connectivity index (χ0n) is 12.4. The molecule has 0 heterocycles. The smallest absolute Gasteiger partial charge is 0.240 e. The minimum Gasteiger partial charge on any atom is -0.352 e. The maximum Gasteiger partial charge on any atom is 0.240 e. The maximum absolute atomic E-state index is 12.4. The molecule has 0 saturated heterocycles. The van der Waals surface area contributed by atoms with Crippen LogP contribution < -0.4 is 5.32 Å². The fourth-order valence-corrected chi connectivity index (χ4v) is 4.14. The van der Waals surface area contributed by atoms with Crippen molar-refractivity contribution in [3.05, 3.63) is 0 Å². The zero-order chi connectivity index (χ0) is 14.0. The number of amides is 1. The molecule has 2 rings (SSSR count). The van der Waals surface area contributed by atoms with Gasteiger partial charge in [-0.25, -0.2) is 0 Å². The highest BCUT2D eigenvalue weighted by Gasteiger charge is 2.43. The summed E-state index contributed by atoms with van der Waals surface area (Å²) in [6, 6.07) is 2.45. The molecule has 0 aromatic heterocycles. The number of carbonyl (C=O) groups excluding carboxylic acids is 1. The first kappa shape index (κ1) is 14.4. The van der Waals surface area contributed by atoms with Crippen molar-refractivity contribution in [1.82, 2.24) is 5.32 Å². The van der Waals surface area contributed by atoms with Crippen molar-refractivity contribution in [2.24, 2.45) is 23.2 Å². The topological polar surface area (TPSA) is 52.9 Å². The van der Waals surface area contributed by atoms with Gasteiger partial charge in [-0.15, -0.1) is 0 Å². The van der Waals surface area contributed by atoms with E-state index in [-0.39, 0.29) is 11.9 Å². The summed E-state index contributed by atoms with van der Waals surface area (Å²) in [4.78, 5) is 12.4. The molecule has 0 aromatic carbocycles. The molecule has 0 spiro atoms. The molecular weight excluding hydrogens is 236 g/mol. The van der Waals surface area contributed by atoms with Crippen LogP contribution in [0.5, 0.6) is 0 Å². The monoisotopic (exact) mass is 262 g/mol. The van der Waals surface area contributed by atoms with E-state index < -0.39 is 5.41 Å². The quantitative estimate of drug-likeness (QED) is 0.826. The number of nitrogens with zero attached hydrogens (tertiary/aromatic N) is 1. The van der Waals surface area contributed by atoms with Crippen molar-refractivity contribution < 1.29 is 4.79 Å². The summed E-state index contributed by atoms with van der Waals surface area (Å²) >= 11 is 0. The zero-order valence-corrected chi connectivity index (χ0v) is 12.4. The van der Waals surface area contributed by atoms with Crippen LogP contribution in [0.1, 0.15) is 59.3 Å². The van der Waals surface area contributed by atoms with Crippen LogP contribution in [0.3, 0.4) is 0 Å². The number of hydrogen-bond donors (Lipinski definition) is 1. The van der Waals surface area contributed by atoms with Crippen molar-refractivity contribution in [3.8, 4) is 6.07 Å². The molecule has 3 heteroatoms. The van der Waals surface area contributed by atoms with Gasteiger partial charge in [-0.3, -0.25) is 4.79 Å². The first-order valence-corrected chi connectivity index (χ1v) is 7.78. The molecule has 2 bridgehead atoms. The van der Waals surface area contributed by atoms with Gasteiger partial charge in [-0.05, 0) is 56.8 Å². The summed E-state index contributed by atoms with van der Waals surface area (Å²) in [5.41, 5.74) is -0.828. The summed E-state index contributed by atoms with van der Waals surface area (Å²) < 4.78 is 0. The van der Waals surface area contributed by atoms with E-state index in [1.54, 1.807) is 0 Å². The van der Waals surface area contributed by atoms with Gasteiger partial charge in [0, 0.05) is 6.04 Å². The van der Waals surface area contributed by atoms with E-state index in [4.69, 9.17) is 0 Å². The Morgan fingerprint density at radius 2 is 2.05 bits per heavy atom. The maximum atomic E-state index is 12.4. The summed E-state index contributed by atoms with van der Waals surface area (Å²) in [5.74, 6) is 2.27. The molecule has 2 saturated carbocycles. The lowest BCUT2D eigenvalue weighted by molar-refractivity contribution is -0.129. The third-order valence-corrected chi connectivity index (χ3v) is 5.65. The molecule has 2 fully saturated rings. The summed E-state index contributed by atoms with van der Waals surface area (Å²) in [7, 11) is 0. The molecule has 1 N–H and O–H groups in total. The third kappa shape index (κ3) is 2.50. The SMILES string of the molecule is CCC(C#N)(CC)C(=O)NC(C)C1CC2CCC1C2. The average Bonchev–Trinajstić information content (AvgIpc) is 3.03. The summed E-state index contributed by atoms with van der Waals surface area (Å²) in [6.07, 6.45) is 6.53. The molecule has 2 aliphatic carbocycles. The number of hydrogen-bond acceptors (Lipinski definition) is 2. The number of nitrogens with one attached hydrogen (secondary N) is 1. The van der Waals surface area contributed by atoms with Crippen LogP contribution in [0.4, 0.5) is 0 Å². The average molecular weight is 262 g/mol. The third-order valence-electron chi connectivity index (χ3n) is 5.65. The fourth-order valence-electron chi connectivity index (χ4n) is 4.14. The van der Waals surface area contributed by atoms with Gasteiger partial charge >= 0.3 is 0 Å². The Morgan fingerprint density at radius 1 is 1.37 bits per heavy atom. The number of rotatable bonds is 5. The molecule has 0 aromatic rings. The number of nitriles is 1. The second kappa shape index (κ2) is 5.53. The van der Waals surface area contributed by atoms with Crippen LogP contribution in [0.25, 0.3) is 0 Å². The van der Waals surface area contributed by atoms with Crippen molar-refractivity contribution >= 4 is 5.91 Å². The molecule has 0 radical (unpaired) electrons. The molecule has 0 aliphatic heterocycles. The van der Waals surface area contributed by atoms with Gasteiger partial charge in [0.05, 0.1) is 6.07 Å². The Hall–Kier alpha value is -1.04. The van der Waals surface area contributed by atoms with Gasteiger partial charge in [0.1, 0.15) is 5.41 Å². The summed E-state index contributed by atoms with van der Waals surface area (Å²) in [5, 5.41) is 12.5. The molecule has 4 atom stereocenters. The molecule has 4 unspecified atom stereocenters. The van der Waals surface area contributed by atoms with Gasteiger partial charge in [0.25, 0.3) is 0 Å². The van der Waals surface area contributed by atoms with Gasteiger partial charge in [-0.1, -0.05) is 20.3 Å². The number of fused-ring (bicyclic) bond motifs is 2. The van der Waals surface area contributed by atoms with E-state index in [0.29, 0.717) is 18.8 Å². The first-order chi connectivity index (χ1) is 9.06. The van der Waals surface area contributed by atoms with E-state index in [0.717, 1.165) is 11.8 Å². The lowest BCUT2D eigenvalue weighted by Gasteiger charge is -2.31. The normalized spacial score (nSPS) is 30.9. The molecule has 19 heavy (non-hydrogen) atoms. The predicted octanol–water partition coefficient (Wildman–Crippen LogP) is 3.26. The highest BCUT2D eigenvalue weighted by Crippen LogP contribution is 2.49. The molecule has 2 aliphatic rings. The minimum absolute atomic E-state index is 0.0599. The second-order valence-corrected chi connectivity index (χ2v) is 6.50. The van der Waals surface area contributed by atoms with Crippen LogP contribution in [0, 0.1) is 34.5 Å². The van der Waals surface area contributed by atoms with Crippen molar-refractivity contribution in [1.29, 1.82) is 5.26 Å². The van der Waals surface area contributed by atoms with Crippen LogP contribution in [0.15, 0.2) is 0 Å². The Labute approximate surface area is 116 Å². The highest BCUT2D eigenvalue weighted by molar-refractivity contribution is 5.85. The fraction of sp³-hybridized carbons (Fsp3) is 0.875. The lowest BCUT2D eigenvalue weighted by Crippen LogP contribution is -2.47. The molecule has 1 amide bonds. The van der Waals surface area contributed by atoms with Crippen LogP contribution in [-0.2, 0) is 4.79 Å². The van der Waals surface area contributed by atoms with Crippen molar-refractivity contribution in [3.63, 3.8) is 0 Å². The Balaban J connectivity index is 1.97. The molecule has 106 valence electrons. The van der Waals surface area contributed by atoms with E-state index in [2.05, 4.69) is 18.3 Å². The summed E-state index contributed by atoms with van der Waals surface area (Å²) in [6.45, 7) is 5.97. The van der Waals surface area contributed by atoms with Gasteiger partial charge in [0.2, 0.25) is 5.91 Å². The lowest BCUT2D eigenvalue weighted by atomic mass is 9.80. The van der Waals surface area contributed by atoms with Crippen LogP contribution in [-0.4, -0.2) is 11.9 Å². The molecule has 3 nitrogen and oxygen atoms in total. The van der Waals surface area contributed by atoms with Gasteiger partial charge in [0.15, 0.2) is 0 Å². The van der Waals surface area contributed by atoms with Crippen molar-refractivity contribution in [2.45, 2.75) is 65.3 Å². The first-order valence-electron chi connectivity index (χ1n) is 7.78. The second-order valence-electron chi connectivity index (χ2n) is 6.50. The number of carbonyl (C=O) groups is 1. The van der Waals surface area contributed by atoms with Crippen LogP contribution in [0.2, 0.25) is 0 Å². The largest absolute Gasteiger partial charge is 0.352 e. The van der Waals surface area contributed by atoms with Gasteiger partial charge < -0.3 is 5.32 Å². The highest BCUT2D eigenvalue weighted by atomic mass is 16.2. The predicted molar refractivity (Wildman–Crippen MR) is 75.2 cm³/mol. The minimum atomic E-state index is -0.828. The van der Waals surface area contributed by atoms with Crippen molar-refractivity contribution in [2.75, 3.05) is 0 Å². The van der Waals surface area contributed by atoms with Crippen LogP contribution >= 0.6 is 0 Å². The Morgan fingerprint density at radius 3 is 2.47 bits per heavy atom. The van der Waals surface area contributed by atoms with E-state index in [1.165, 1.54) is 25.7 Å². The van der Waals surface area contributed by atoms with E-state index in [9.17, 15) is 10.1 Å². The van der Waals surface area contributed by atoms with E-state index >= 15 is 0 Å². The molecular formula is C16H26N2O. The van der Waals surface area contributed by atoms with Gasteiger partial charge in [-0.2, -0.15) is 5.26 Å². The van der Waals surface area contributed by atoms with E-state index in [1.807, 2.05) is 13.8 Å². The standard InChI is InChI=1S/C16H26N2O/c1-4-16(5-2,10-17)15(19)18-11(3)14-9-12-6-7-13(14)8-12/h11-14H,4-9H2,1-3H3,(H,18,19). The Bertz CT molecular complexity index is 381. The Kier molecular flexibility index (Phi) is 4.18.